The normalized spacial score (nSPS) is 12.3. The van der Waals surface area contributed by atoms with Crippen molar-refractivity contribution in [2.45, 2.75) is 354 Å². The molecule has 432 valence electrons. The Hall–Kier alpha value is -2.63. The number of unbranched alkanes of at least 4 members (excludes halogenated alkanes) is 41. The highest BCUT2D eigenvalue weighted by molar-refractivity contribution is 5.71. The lowest BCUT2D eigenvalue weighted by molar-refractivity contribution is -0.167. The van der Waals surface area contributed by atoms with Crippen molar-refractivity contribution in [2.24, 2.45) is 0 Å². The number of hydrogen-bond donors (Lipinski definition) is 0. The highest BCUT2D eigenvalue weighted by Crippen LogP contribution is 2.18. The molecule has 0 aromatic heterocycles. The summed E-state index contributed by atoms with van der Waals surface area (Å²) in [6.07, 6.45) is 79.1. The van der Waals surface area contributed by atoms with Gasteiger partial charge in [0.05, 0.1) is 0 Å². The minimum Gasteiger partial charge on any atom is -0.462 e. The molecule has 6 heteroatoms. The van der Waals surface area contributed by atoms with Crippen molar-refractivity contribution in [3.8, 4) is 0 Å². The molecule has 1 atom stereocenters. The van der Waals surface area contributed by atoms with Gasteiger partial charge < -0.3 is 14.2 Å². The first kappa shape index (κ1) is 71.4. The summed E-state index contributed by atoms with van der Waals surface area (Å²) >= 11 is 0. The molecule has 74 heavy (non-hydrogen) atoms. The number of ether oxygens (including phenoxy) is 3. The molecule has 6 nitrogen and oxygen atoms in total. The molecule has 0 heterocycles. The second kappa shape index (κ2) is 62.9. The van der Waals surface area contributed by atoms with Gasteiger partial charge in [0.25, 0.3) is 0 Å². The van der Waals surface area contributed by atoms with Gasteiger partial charge >= 0.3 is 17.9 Å². The molecule has 0 fully saturated rings. The second-order valence-electron chi connectivity index (χ2n) is 22.0. The molecule has 0 bridgehead atoms. The summed E-state index contributed by atoms with van der Waals surface area (Å²) in [6.45, 7) is 6.49. The third kappa shape index (κ3) is 60.2. The van der Waals surface area contributed by atoms with E-state index in [1.54, 1.807) is 0 Å². The van der Waals surface area contributed by atoms with Crippen molar-refractivity contribution >= 4 is 17.9 Å². The van der Waals surface area contributed by atoms with E-state index in [1.807, 2.05) is 0 Å². The first-order valence-corrected chi connectivity index (χ1v) is 32.6. The SMILES string of the molecule is CC/C=C\C/C=C\C/C=C\CCCCCCCC(=O)OC(COC(=O)CCCCCCCC)COC(=O)CCCCCCCCCCCCCCCCCCCCCCCCC/C=C\CCCCCCCCCC. The summed E-state index contributed by atoms with van der Waals surface area (Å²) in [4.78, 5) is 37.9. The van der Waals surface area contributed by atoms with Crippen molar-refractivity contribution in [1.82, 2.24) is 0 Å². The predicted octanol–water partition coefficient (Wildman–Crippen LogP) is 22.2. The minimum atomic E-state index is -0.777. The van der Waals surface area contributed by atoms with E-state index in [1.165, 1.54) is 212 Å². The molecule has 0 rings (SSSR count). The lowest BCUT2D eigenvalue weighted by atomic mass is 10.0. The van der Waals surface area contributed by atoms with Gasteiger partial charge in [-0.2, -0.15) is 0 Å². The maximum absolute atomic E-state index is 12.8. The topological polar surface area (TPSA) is 78.9 Å². The van der Waals surface area contributed by atoms with Crippen LogP contribution in [-0.4, -0.2) is 37.2 Å². The van der Waals surface area contributed by atoms with Gasteiger partial charge in [0.2, 0.25) is 0 Å². The van der Waals surface area contributed by atoms with Crippen LogP contribution in [0.25, 0.3) is 0 Å². The number of allylic oxidation sites excluding steroid dienone is 8. The van der Waals surface area contributed by atoms with Crippen LogP contribution in [0.5, 0.6) is 0 Å². The highest BCUT2D eigenvalue weighted by Gasteiger charge is 2.19. The van der Waals surface area contributed by atoms with Gasteiger partial charge in [-0.15, -0.1) is 0 Å². The van der Waals surface area contributed by atoms with Crippen molar-refractivity contribution in [2.75, 3.05) is 13.2 Å². The molecule has 0 aliphatic heterocycles. The minimum absolute atomic E-state index is 0.0768. The molecule has 0 aliphatic carbocycles. The summed E-state index contributed by atoms with van der Waals surface area (Å²) in [7, 11) is 0. The third-order valence-electron chi connectivity index (χ3n) is 14.6. The Morgan fingerprint density at radius 2 is 0.527 bits per heavy atom. The number of carbonyl (C=O) groups excluding carboxylic acids is 3. The Morgan fingerprint density at radius 3 is 0.838 bits per heavy atom. The van der Waals surface area contributed by atoms with Gasteiger partial charge in [0.1, 0.15) is 13.2 Å². The maximum Gasteiger partial charge on any atom is 0.306 e. The van der Waals surface area contributed by atoms with Gasteiger partial charge in [0, 0.05) is 19.3 Å². The fourth-order valence-electron chi connectivity index (χ4n) is 9.69. The Balaban J connectivity index is 3.88. The van der Waals surface area contributed by atoms with Crippen molar-refractivity contribution in [1.29, 1.82) is 0 Å². The Bertz CT molecular complexity index is 1280. The molecule has 1 unspecified atom stereocenters. The molecule has 0 saturated heterocycles. The molecule has 0 saturated carbocycles. The molecular weight excluding hydrogens is 913 g/mol. The quantitative estimate of drug-likeness (QED) is 0.0261. The summed E-state index contributed by atoms with van der Waals surface area (Å²) in [6, 6.07) is 0. The standard InChI is InChI=1S/C68H124O6/c1-4-7-10-13-16-18-20-22-24-25-26-27-28-29-30-31-32-33-34-35-36-37-38-39-40-41-42-43-45-46-48-50-52-55-58-61-67(70)73-64-65(63-72-66(69)60-57-54-15-12-9-6-3)74-68(71)62-59-56-53-51-49-47-44-23-21-19-17-14-11-8-5-2/h8,11,17,19,23,25-26,44,65H,4-7,9-10,12-16,18,20-22,24,27-43,45-64H2,1-3H3/b11-8-,19-17-,26-25-,44-23-. The van der Waals surface area contributed by atoms with E-state index in [4.69, 9.17) is 14.2 Å². The number of rotatable bonds is 60. The van der Waals surface area contributed by atoms with Gasteiger partial charge in [-0.3, -0.25) is 14.4 Å². The van der Waals surface area contributed by atoms with Gasteiger partial charge in [0.15, 0.2) is 6.10 Å². The molecule has 0 amide bonds. The predicted molar refractivity (Wildman–Crippen MR) is 321 cm³/mol. The average Bonchev–Trinajstić information content (AvgIpc) is 3.40. The zero-order valence-electron chi connectivity index (χ0n) is 49.6. The maximum atomic E-state index is 12.8. The number of carbonyl (C=O) groups is 3. The summed E-state index contributed by atoms with van der Waals surface area (Å²) in [5.41, 5.74) is 0. The zero-order chi connectivity index (χ0) is 53.6. The first-order chi connectivity index (χ1) is 36.5. The summed E-state index contributed by atoms with van der Waals surface area (Å²) in [5, 5.41) is 0. The van der Waals surface area contributed by atoms with Gasteiger partial charge in [-0.25, -0.2) is 0 Å². The smallest absolute Gasteiger partial charge is 0.306 e. The van der Waals surface area contributed by atoms with Crippen molar-refractivity contribution in [3.05, 3.63) is 48.6 Å². The largest absolute Gasteiger partial charge is 0.462 e. The van der Waals surface area contributed by atoms with E-state index in [0.717, 1.165) is 96.3 Å². The van der Waals surface area contributed by atoms with Crippen LogP contribution in [0.2, 0.25) is 0 Å². The number of hydrogen-bond acceptors (Lipinski definition) is 6. The van der Waals surface area contributed by atoms with Crippen molar-refractivity contribution in [3.63, 3.8) is 0 Å². The monoisotopic (exact) mass is 1040 g/mol. The van der Waals surface area contributed by atoms with E-state index in [0.29, 0.717) is 19.3 Å². The molecular formula is C68H124O6. The van der Waals surface area contributed by atoms with E-state index in [-0.39, 0.29) is 31.1 Å². The molecule has 0 spiro atoms. The second-order valence-corrected chi connectivity index (χ2v) is 22.0. The fourth-order valence-corrected chi connectivity index (χ4v) is 9.69. The van der Waals surface area contributed by atoms with E-state index < -0.39 is 6.10 Å². The summed E-state index contributed by atoms with van der Waals surface area (Å²) < 4.78 is 16.8. The number of esters is 3. The van der Waals surface area contributed by atoms with Crippen LogP contribution in [0.3, 0.4) is 0 Å². The van der Waals surface area contributed by atoms with Crippen LogP contribution in [-0.2, 0) is 28.6 Å². The average molecular weight is 1040 g/mol. The Kier molecular flexibility index (Phi) is 60.7. The molecule has 0 aromatic carbocycles. The first-order valence-electron chi connectivity index (χ1n) is 32.6. The van der Waals surface area contributed by atoms with Crippen LogP contribution in [0, 0.1) is 0 Å². The van der Waals surface area contributed by atoms with Gasteiger partial charge in [-0.05, 0) is 77.0 Å². The van der Waals surface area contributed by atoms with Crippen LogP contribution in [0.1, 0.15) is 348 Å². The molecule has 0 aliphatic rings. The van der Waals surface area contributed by atoms with Crippen molar-refractivity contribution < 1.29 is 28.6 Å². The Morgan fingerprint density at radius 1 is 0.284 bits per heavy atom. The van der Waals surface area contributed by atoms with Gasteiger partial charge in [-0.1, -0.05) is 301 Å². The van der Waals surface area contributed by atoms with Crippen LogP contribution in [0.4, 0.5) is 0 Å². The lowest BCUT2D eigenvalue weighted by Gasteiger charge is -2.18. The van der Waals surface area contributed by atoms with E-state index >= 15 is 0 Å². The zero-order valence-corrected chi connectivity index (χ0v) is 49.6. The van der Waals surface area contributed by atoms with E-state index in [9.17, 15) is 14.4 Å². The highest BCUT2D eigenvalue weighted by atomic mass is 16.6. The molecule has 0 N–H and O–H groups in total. The van der Waals surface area contributed by atoms with Crippen LogP contribution >= 0.6 is 0 Å². The Labute approximate surface area is 460 Å². The lowest BCUT2D eigenvalue weighted by Crippen LogP contribution is -2.30. The molecule has 0 aromatic rings. The van der Waals surface area contributed by atoms with E-state index in [2.05, 4.69) is 69.4 Å². The molecule has 0 radical (unpaired) electrons. The van der Waals surface area contributed by atoms with Crippen LogP contribution < -0.4 is 0 Å². The summed E-state index contributed by atoms with van der Waals surface area (Å²) in [5.74, 6) is -0.889. The third-order valence-corrected chi connectivity index (χ3v) is 14.6. The van der Waals surface area contributed by atoms with Crippen LogP contribution in [0.15, 0.2) is 48.6 Å². The fraction of sp³-hybridized carbons (Fsp3) is 0.838.